The van der Waals surface area contributed by atoms with Crippen molar-refractivity contribution in [1.82, 2.24) is 0 Å². The van der Waals surface area contributed by atoms with Crippen LogP contribution in [-0.2, 0) is 17.1 Å². The average Bonchev–Trinajstić information content (AvgIpc) is 0. The fourth-order valence-corrected chi connectivity index (χ4v) is 0. The fraction of sp³-hybridized carbons (Fsp3) is 1.00. The van der Waals surface area contributed by atoms with E-state index in [9.17, 15) is 0 Å². The van der Waals surface area contributed by atoms with Crippen LogP contribution in [0.15, 0.2) is 0 Å². The molecule has 0 unspecified atom stereocenters. The molecule has 0 rings (SSSR count). The van der Waals surface area contributed by atoms with Crippen molar-refractivity contribution in [1.29, 1.82) is 0 Å². The molecule has 0 atom stereocenters. The van der Waals surface area contributed by atoms with Gasteiger partial charge in [0, 0.05) is 17.1 Å². The summed E-state index contributed by atoms with van der Waals surface area (Å²) in [4.78, 5) is 0. The zero-order valence-corrected chi connectivity index (χ0v) is 3.06. The summed E-state index contributed by atoms with van der Waals surface area (Å²) in [7, 11) is 0. The van der Waals surface area contributed by atoms with Gasteiger partial charge in [0.15, 0.2) is 0 Å². The summed E-state index contributed by atoms with van der Waals surface area (Å²) in [5, 5.41) is 0. The van der Waals surface area contributed by atoms with Gasteiger partial charge >= 0.3 is 37.7 Å². The standard InChI is InChI=1S/CH4.Ca.Mn.H2S.2H/h1H4;;;1H2;;. The summed E-state index contributed by atoms with van der Waals surface area (Å²) in [6, 6.07) is 0. The van der Waals surface area contributed by atoms with E-state index in [0.717, 1.165) is 0 Å². The smallest absolute Gasteiger partial charge is 0 e. The minimum atomic E-state index is 0. The maximum atomic E-state index is 0. The Balaban J connectivity index is 0. The van der Waals surface area contributed by atoms with Gasteiger partial charge in [-0.2, -0.15) is 13.5 Å². The quantitative estimate of drug-likeness (QED) is 0.417. The molecule has 0 aromatic heterocycles. The Kier molecular flexibility index (Phi) is 172. The van der Waals surface area contributed by atoms with E-state index in [2.05, 4.69) is 0 Å². The van der Waals surface area contributed by atoms with Crippen molar-refractivity contribution >= 4 is 51.2 Å². The Morgan fingerprint density at radius 2 is 1.00 bits per heavy atom. The molecule has 0 heterocycles. The molecule has 0 saturated heterocycles. The van der Waals surface area contributed by atoms with Crippen LogP contribution in [0.4, 0.5) is 0 Å². The molecule has 0 spiro atoms. The van der Waals surface area contributed by atoms with Crippen LogP contribution in [-0.4, -0.2) is 37.7 Å². The minimum Gasteiger partial charge on any atom is 0 e. The first kappa shape index (κ1) is 35.6. The van der Waals surface area contributed by atoms with Gasteiger partial charge in [0.1, 0.15) is 0 Å². The first-order valence-corrected chi connectivity index (χ1v) is 0. The van der Waals surface area contributed by atoms with E-state index < -0.39 is 0 Å². The second kappa shape index (κ2) is 19.3. The maximum Gasteiger partial charge on any atom is 0 e. The SMILES string of the molecule is C.S.[CaH2].[Mn]. The van der Waals surface area contributed by atoms with Crippen LogP contribution in [0.25, 0.3) is 0 Å². The van der Waals surface area contributed by atoms with Crippen molar-refractivity contribution in [3.8, 4) is 0 Å². The monoisotopic (exact) mass is 147 g/mol. The minimum absolute atomic E-state index is 0. The molecular weight excluding hydrogens is 139 g/mol. The fourth-order valence-electron chi connectivity index (χ4n) is 0. The predicted molar refractivity (Wildman–Crippen MR) is 25.7 cm³/mol. The van der Waals surface area contributed by atoms with E-state index in [-0.39, 0.29) is 75.7 Å². The van der Waals surface area contributed by atoms with Crippen molar-refractivity contribution in [2.24, 2.45) is 0 Å². The summed E-state index contributed by atoms with van der Waals surface area (Å²) < 4.78 is 0. The summed E-state index contributed by atoms with van der Waals surface area (Å²) in [6.45, 7) is 0. The molecule has 0 bridgehead atoms. The van der Waals surface area contributed by atoms with Gasteiger partial charge in [-0.3, -0.25) is 0 Å². The van der Waals surface area contributed by atoms with Crippen LogP contribution in [0.2, 0.25) is 0 Å². The summed E-state index contributed by atoms with van der Waals surface area (Å²) in [6.07, 6.45) is 0. The molecule has 3 heteroatoms. The number of hydrogen-bond acceptors (Lipinski definition) is 0. The molecule has 0 nitrogen and oxygen atoms in total. The van der Waals surface area contributed by atoms with Crippen molar-refractivity contribution in [2.75, 3.05) is 0 Å². The van der Waals surface area contributed by atoms with Crippen molar-refractivity contribution < 1.29 is 17.1 Å². The molecule has 0 aliphatic rings. The van der Waals surface area contributed by atoms with Gasteiger partial charge in [0.05, 0.1) is 0 Å². The third-order valence-electron chi connectivity index (χ3n) is 0. The Morgan fingerprint density at radius 3 is 1.00 bits per heavy atom. The van der Waals surface area contributed by atoms with Gasteiger partial charge in [0.25, 0.3) is 0 Å². The zero-order valence-electron chi connectivity index (χ0n) is 0.878. The van der Waals surface area contributed by atoms with Crippen molar-refractivity contribution in [2.45, 2.75) is 7.43 Å². The van der Waals surface area contributed by atoms with Crippen LogP contribution in [0.1, 0.15) is 7.43 Å². The third-order valence-corrected chi connectivity index (χ3v) is 0. The van der Waals surface area contributed by atoms with Crippen LogP contribution in [0, 0.1) is 0 Å². The van der Waals surface area contributed by atoms with Gasteiger partial charge in [-0.25, -0.2) is 0 Å². The van der Waals surface area contributed by atoms with E-state index >= 15 is 0 Å². The number of hydrogen-bond donors (Lipinski definition) is 0. The molecular formula is CH8CaMnS. The first-order chi connectivity index (χ1) is 0. The third kappa shape index (κ3) is 8.92. The molecule has 0 saturated carbocycles. The zero-order chi connectivity index (χ0) is 0. The van der Waals surface area contributed by atoms with Gasteiger partial charge in [-0.1, -0.05) is 7.43 Å². The van der Waals surface area contributed by atoms with Crippen molar-refractivity contribution in [3.05, 3.63) is 0 Å². The maximum absolute atomic E-state index is 0. The largest absolute Gasteiger partial charge is 0 e. The van der Waals surface area contributed by atoms with E-state index in [0.29, 0.717) is 0 Å². The summed E-state index contributed by atoms with van der Waals surface area (Å²) in [5.41, 5.74) is 0. The molecule has 0 amide bonds. The first-order valence-electron chi connectivity index (χ1n) is 0. The van der Waals surface area contributed by atoms with Gasteiger partial charge in [-0.05, 0) is 0 Å². The van der Waals surface area contributed by atoms with Gasteiger partial charge < -0.3 is 0 Å². The van der Waals surface area contributed by atoms with E-state index in [1.54, 1.807) is 0 Å². The Bertz CT molecular complexity index is 8.00. The normalized spacial score (nSPS) is 0. The molecule has 0 aliphatic carbocycles. The van der Waals surface area contributed by atoms with Gasteiger partial charge in [-0.15, -0.1) is 0 Å². The topological polar surface area (TPSA) is 0 Å². The Labute approximate surface area is 74.6 Å². The van der Waals surface area contributed by atoms with Crippen LogP contribution < -0.4 is 0 Å². The summed E-state index contributed by atoms with van der Waals surface area (Å²) in [5.74, 6) is 0. The number of rotatable bonds is 0. The molecule has 27 valence electrons. The second-order valence-corrected chi connectivity index (χ2v) is 0. The van der Waals surface area contributed by atoms with Crippen LogP contribution >= 0.6 is 13.5 Å². The molecule has 1 radical (unpaired) electrons. The summed E-state index contributed by atoms with van der Waals surface area (Å²) >= 11 is 0. The second-order valence-electron chi connectivity index (χ2n) is 0. The van der Waals surface area contributed by atoms with Crippen LogP contribution in [0.5, 0.6) is 0 Å². The molecule has 0 fully saturated rings. The van der Waals surface area contributed by atoms with Crippen molar-refractivity contribution in [3.63, 3.8) is 0 Å². The van der Waals surface area contributed by atoms with E-state index in [1.807, 2.05) is 0 Å². The Morgan fingerprint density at radius 1 is 1.00 bits per heavy atom. The molecule has 4 heavy (non-hydrogen) atoms. The molecule has 0 N–H and O–H groups in total. The molecule has 0 aromatic rings. The van der Waals surface area contributed by atoms with Gasteiger partial charge in [0.2, 0.25) is 0 Å². The Hall–Kier alpha value is 2.13. The average molecular weight is 147 g/mol. The van der Waals surface area contributed by atoms with E-state index in [1.165, 1.54) is 0 Å². The molecule has 0 aliphatic heterocycles. The molecule has 0 aromatic carbocycles. The van der Waals surface area contributed by atoms with Crippen LogP contribution in [0.3, 0.4) is 0 Å². The van der Waals surface area contributed by atoms with E-state index in [4.69, 9.17) is 0 Å². The predicted octanol–water partition coefficient (Wildman–Crippen LogP) is -0.170.